The monoisotopic (exact) mass is 467 g/mol. The van der Waals surface area contributed by atoms with Crippen LogP contribution in [0.2, 0.25) is 0 Å². The molecule has 0 amide bonds. The Morgan fingerprint density at radius 1 is 1.06 bits per heavy atom. The number of hydrogen-bond acceptors (Lipinski definition) is 8. The lowest BCUT2D eigenvalue weighted by Crippen LogP contribution is -2.11. The van der Waals surface area contributed by atoms with Crippen LogP contribution in [0.1, 0.15) is 12.0 Å². The zero-order chi connectivity index (χ0) is 23.4. The van der Waals surface area contributed by atoms with Crippen molar-refractivity contribution in [1.82, 2.24) is 19.7 Å². The number of ether oxygens (including phenoxy) is 1. The number of nitrogens with one attached hydrogen (secondary N) is 2. The average molecular weight is 468 g/mol. The lowest BCUT2D eigenvalue weighted by molar-refractivity contribution is 0.189. The molecule has 33 heavy (non-hydrogen) atoms. The first kappa shape index (κ1) is 22.6. The SMILES string of the molecule is COCCCn1ncc2cc(Nc3nc(Nc4ccc(S(N)(=O)=O)cc4)ncc3C)ccc21. The molecule has 2 aromatic carbocycles. The number of aryl methyl sites for hydroxylation is 2. The van der Waals surface area contributed by atoms with E-state index in [1.807, 2.05) is 36.0 Å². The molecular formula is C22H25N7O3S. The zero-order valence-electron chi connectivity index (χ0n) is 18.3. The van der Waals surface area contributed by atoms with Gasteiger partial charge in [-0.05, 0) is 55.8 Å². The topological polar surface area (TPSA) is 137 Å². The molecule has 4 N–H and O–H groups in total. The van der Waals surface area contributed by atoms with E-state index in [0.717, 1.165) is 35.1 Å². The number of methoxy groups -OCH3 is 1. The molecule has 2 aromatic heterocycles. The van der Waals surface area contributed by atoms with Crippen molar-refractivity contribution in [2.75, 3.05) is 24.4 Å². The van der Waals surface area contributed by atoms with Crippen molar-refractivity contribution in [3.63, 3.8) is 0 Å². The number of primary sulfonamides is 1. The molecule has 0 bridgehead atoms. The third-order valence-corrected chi connectivity index (χ3v) is 5.96. The van der Waals surface area contributed by atoms with Gasteiger partial charge in [0.05, 0.1) is 16.6 Å². The van der Waals surface area contributed by atoms with Crippen LogP contribution in [0, 0.1) is 6.92 Å². The van der Waals surface area contributed by atoms with Gasteiger partial charge in [0.25, 0.3) is 0 Å². The van der Waals surface area contributed by atoms with Crippen LogP contribution in [0.3, 0.4) is 0 Å². The van der Waals surface area contributed by atoms with Crippen molar-refractivity contribution >= 4 is 44.1 Å². The standard InChI is InChI=1S/C22H25N7O3S/c1-15-13-24-22(27-17-4-7-19(8-5-17)33(23,30)31)28-21(15)26-18-6-9-20-16(12-18)14-25-29(20)10-3-11-32-2/h4-9,12-14H,3,10-11H2,1-2H3,(H2,23,30,31)(H2,24,26,27,28). The first-order chi connectivity index (χ1) is 15.8. The molecule has 0 unspecified atom stereocenters. The molecule has 4 aromatic rings. The van der Waals surface area contributed by atoms with Gasteiger partial charge in [-0.15, -0.1) is 0 Å². The van der Waals surface area contributed by atoms with Crippen LogP contribution in [0.4, 0.5) is 23.1 Å². The lowest BCUT2D eigenvalue weighted by atomic mass is 10.2. The highest BCUT2D eigenvalue weighted by molar-refractivity contribution is 7.89. The molecule has 172 valence electrons. The summed E-state index contributed by atoms with van der Waals surface area (Å²) < 4.78 is 29.9. The van der Waals surface area contributed by atoms with Crippen LogP contribution in [-0.2, 0) is 21.3 Å². The van der Waals surface area contributed by atoms with Gasteiger partial charge in [-0.1, -0.05) is 0 Å². The van der Waals surface area contributed by atoms with Crippen molar-refractivity contribution in [1.29, 1.82) is 0 Å². The summed E-state index contributed by atoms with van der Waals surface area (Å²) in [6.07, 6.45) is 4.45. The highest BCUT2D eigenvalue weighted by atomic mass is 32.2. The van der Waals surface area contributed by atoms with E-state index < -0.39 is 10.0 Å². The largest absolute Gasteiger partial charge is 0.385 e. The molecule has 0 saturated carbocycles. The number of aromatic nitrogens is 4. The van der Waals surface area contributed by atoms with Gasteiger partial charge in [0.1, 0.15) is 5.82 Å². The summed E-state index contributed by atoms with van der Waals surface area (Å²) in [5.41, 5.74) is 3.45. The van der Waals surface area contributed by atoms with Crippen LogP contribution < -0.4 is 15.8 Å². The van der Waals surface area contributed by atoms with E-state index in [2.05, 4.69) is 25.7 Å². The highest BCUT2D eigenvalue weighted by Gasteiger charge is 2.10. The molecule has 0 atom stereocenters. The summed E-state index contributed by atoms with van der Waals surface area (Å²) in [5, 5.41) is 17.0. The molecule has 2 heterocycles. The third-order valence-electron chi connectivity index (χ3n) is 5.03. The lowest BCUT2D eigenvalue weighted by Gasteiger charge is -2.11. The minimum absolute atomic E-state index is 0.0395. The Balaban J connectivity index is 1.50. The van der Waals surface area contributed by atoms with Gasteiger partial charge in [-0.3, -0.25) is 4.68 Å². The third kappa shape index (κ3) is 5.45. The quantitative estimate of drug-likeness (QED) is 0.319. The Bertz CT molecular complexity index is 1370. The number of nitrogens with zero attached hydrogens (tertiary/aromatic N) is 4. The van der Waals surface area contributed by atoms with E-state index in [1.165, 1.54) is 12.1 Å². The fourth-order valence-corrected chi connectivity index (χ4v) is 3.84. The van der Waals surface area contributed by atoms with Gasteiger partial charge in [0.2, 0.25) is 16.0 Å². The number of benzene rings is 2. The Labute approximate surface area is 191 Å². The maximum Gasteiger partial charge on any atom is 0.238 e. The number of anilines is 4. The molecule has 11 heteroatoms. The minimum Gasteiger partial charge on any atom is -0.385 e. The summed E-state index contributed by atoms with van der Waals surface area (Å²) in [4.78, 5) is 8.90. The first-order valence-corrected chi connectivity index (χ1v) is 11.8. The van der Waals surface area contributed by atoms with Crippen LogP contribution in [0.25, 0.3) is 10.9 Å². The summed E-state index contributed by atoms with van der Waals surface area (Å²) in [6.45, 7) is 3.41. The maximum atomic E-state index is 11.4. The first-order valence-electron chi connectivity index (χ1n) is 10.3. The van der Waals surface area contributed by atoms with Crippen LogP contribution in [-0.4, -0.2) is 41.9 Å². The Morgan fingerprint density at radius 2 is 1.82 bits per heavy atom. The van der Waals surface area contributed by atoms with E-state index in [4.69, 9.17) is 9.88 Å². The van der Waals surface area contributed by atoms with Crippen molar-refractivity contribution in [3.8, 4) is 0 Å². The fourth-order valence-electron chi connectivity index (χ4n) is 3.32. The molecule has 0 aliphatic heterocycles. The number of sulfonamides is 1. The van der Waals surface area contributed by atoms with Gasteiger partial charge in [0.15, 0.2) is 0 Å². The van der Waals surface area contributed by atoms with E-state index in [1.54, 1.807) is 25.4 Å². The Morgan fingerprint density at radius 3 is 2.55 bits per heavy atom. The molecule has 0 fully saturated rings. The molecule has 0 radical (unpaired) electrons. The summed E-state index contributed by atoms with van der Waals surface area (Å²) >= 11 is 0. The predicted molar refractivity (Wildman–Crippen MR) is 127 cm³/mol. The van der Waals surface area contributed by atoms with Gasteiger partial charge < -0.3 is 15.4 Å². The summed E-state index contributed by atoms with van der Waals surface area (Å²) in [7, 11) is -2.05. The number of fused-ring (bicyclic) bond motifs is 1. The van der Waals surface area contributed by atoms with E-state index >= 15 is 0 Å². The summed E-state index contributed by atoms with van der Waals surface area (Å²) in [6, 6.07) is 12.1. The van der Waals surface area contributed by atoms with Crippen molar-refractivity contribution in [3.05, 3.63) is 60.4 Å². The second-order valence-electron chi connectivity index (χ2n) is 7.53. The maximum absolute atomic E-state index is 11.4. The van der Waals surface area contributed by atoms with E-state index in [-0.39, 0.29) is 4.90 Å². The molecule has 0 saturated heterocycles. The highest BCUT2D eigenvalue weighted by Crippen LogP contribution is 2.25. The Kier molecular flexibility index (Phi) is 6.54. The van der Waals surface area contributed by atoms with Crippen LogP contribution in [0.5, 0.6) is 0 Å². The van der Waals surface area contributed by atoms with Gasteiger partial charge in [-0.2, -0.15) is 10.1 Å². The second kappa shape index (κ2) is 9.53. The average Bonchev–Trinajstić information content (AvgIpc) is 3.18. The second-order valence-corrected chi connectivity index (χ2v) is 9.09. The number of hydrogen-bond donors (Lipinski definition) is 3. The molecule has 10 nitrogen and oxygen atoms in total. The molecule has 0 aliphatic carbocycles. The molecule has 0 spiro atoms. The van der Waals surface area contributed by atoms with Gasteiger partial charge in [-0.25, -0.2) is 18.5 Å². The smallest absolute Gasteiger partial charge is 0.238 e. The predicted octanol–water partition coefficient (Wildman–Crippen LogP) is 3.31. The molecule has 0 aliphatic rings. The zero-order valence-corrected chi connectivity index (χ0v) is 19.1. The Hall–Kier alpha value is -3.54. The number of rotatable bonds is 9. The van der Waals surface area contributed by atoms with Crippen molar-refractivity contribution in [2.45, 2.75) is 24.8 Å². The number of nitrogens with two attached hydrogens (primary N) is 1. The minimum atomic E-state index is -3.74. The van der Waals surface area contributed by atoms with Crippen molar-refractivity contribution in [2.24, 2.45) is 5.14 Å². The van der Waals surface area contributed by atoms with Gasteiger partial charge in [0, 0.05) is 48.8 Å². The fraction of sp³-hybridized carbons (Fsp3) is 0.227. The van der Waals surface area contributed by atoms with Crippen LogP contribution in [0.15, 0.2) is 59.8 Å². The molecular weight excluding hydrogens is 442 g/mol. The molecule has 4 rings (SSSR count). The van der Waals surface area contributed by atoms with Crippen LogP contribution >= 0.6 is 0 Å². The van der Waals surface area contributed by atoms with E-state index in [9.17, 15) is 8.42 Å². The van der Waals surface area contributed by atoms with Crippen molar-refractivity contribution < 1.29 is 13.2 Å². The normalized spacial score (nSPS) is 11.6. The summed E-state index contributed by atoms with van der Waals surface area (Å²) in [5.74, 6) is 1.03. The van der Waals surface area contributed by atoms with Gasteiger partial charge >= 0.3 is 0 Å². The van der Waals surface area contributed by atoms with E-state index in [0.29, 0.717) is 24.1 Å².